The van der Waals surface area contributed by atoms with E-state index in [9.17, 15) is 0 Å². The Balaban J connectivity index is 2.61. The van der Waals surface area contributed by atoms with Crippen molar-refractivity contribution in [2.24, 2.45) is 0 Å². The van der Waals surface area contributed by atoms with Crippen molar-refractivity contribution in [3.63, 3.8) is 0 Å². The normalized spacial score (nSPS) is 11.4. The van der Waals surface area contributed by atoms with Crippen molar-refractivity contribution in [1.29, 1.82) is 0 Å². The zero-order valence-corrected chi connectivity index (χ0v) is 8.16. The number of furan rings is 1. The van der Waals surface area contributed by atoms with Crippen molar-refractivity contribution in [2.45, 2.75) is 26.7 Å². The first kappa shape index (κ1) is 8.30. The first-order valence-corrected chi connectivity index (χ1v) is 4.53. The number of rotatable bonds is 1. The summed E-state index contributed by atoms with van der Waals surface area (Å²) in [5.74, 6) is 1.41. The van der Waals surface area contributed by atoms with Crippen LogP contribution in [0.2, 0.25) is 0 Å². The fourth-order valence-corrected chi connectivity index (χ4v) is 1.41. The maximum Gasteiger partial charge on any atom is 0.152 e. The lowest BCUT2D eigenvalue weighted by Gasteiger charge is -2.01. The third-order valence-electron chi connectivity index (χ3n) is 2.14. The largest absolute Gasteiger partial charge is 0.460 e. The number of hydrogen-bond donors (Lipinski definition) is 0. The van der Waals surface area contributed by atoms with Crippen LogP contribution in [0, 0.1) is 6.92 Å². The third kappa shape index (κ3) is 1.44. The van der Waals surface area contributed by atoms with Crippen LogP contribution in [-0.2, 0) is 0 Å². The Hall–Kier alpha value is -1.31. The summed E-state index contributed by atoms with van der Waals surface area (Å²) in [6.45, 7) is 6.23. The molecular formula is C11H13NO. The van der Waals surface area contributed by atoms with Gasteiger partial charge in [-0.15, -0.1) is 0 Å². The van der Waals surface area contributed by atoms with E-state index in [1.807, 2.05) is 13.0 Å². The average molecular weight is 175 g/mol. The summed E-state index contributed by atoms with van der Waals surface area (Å²) in [4.78, 5) is 4.33. The number of aromatic nitrogens is 1. The Morgan fingerprint density at radius 2 is 2.08 bits per heavy atom. The van der Waals surface area contributed by atoms with Gasteiger partial charge in [-0.25, -0.2) is 0 Å². The van der Waals surface area contributed by atoms with Crippen LogP contribution in [0.15, 0.2) is 22.7 Å². The topological polar surface area (TPSA) is 26.0 Å². The fourth-order valence-electron chi connectivity index (χ4n) is 1.41. The summed E-state index contributed by atoms with van der Waals surface area (Å²) in [6.07, 6.45) is 1.80. The molecule has 0 fully saturated rings. The molecule has 0 saturated heterocycles. The van der Waals surface area contributed by atoms with Crippen LogP contribution >= 0.6 is 0 Å². The monoisotopic (exact) mass is 175 g/mol. The molecule has 0 N–H and O–H groups in total. The first-order valence-electron chi connectivity index (χ1n) is 4.53. The molecule has 0 aromatic carbocycles. The van der Waals surface area contributed by atoms with Crippen molar-refractivity contribution in [1.82, 2.24) is 4.98 Å². The SMILES string of the molecule is Cc1cc2cc(C(C)C)ncc2o1. The van der Waals surface area contributed by atoms with E-state index in [2.05, 4.69) is 24.9 Å². The standard InChI is InChI=1S/C11H13NO/c1-7(2)10-5-9-4-8(3)13-11(9)6-12-10/h4-7H,1-3H3. The second kappa shape index (κ2) is 2.87. The molecular weight excluding hydrogens is 162 g/mol. The summed E-state index contributed by atoms with van der Waals surface area (Å²) < 4.78 is 5.44. The highest BCUT2D eigenvalue weighted by atomic mass is 16.3. The van der Waals surface area contributed by atoms with Gasteiger partial charge in [0, 0.05) is 11.1 Å². The van der Waals surface area contributed by atoms with E-state index >= 15 is 0 Å². The van der Waals surface area contributed by atoms with Gasteiger partial charge in [0.25, 0.3) is 0 Å². The van der Waals surface area contributed by atoms with Crippen molar-refractivity contribution in [3.05, 3.63) is 29.8 Å². The molecule has 0 spiro atoms. The van der Waals surface area contributed by atoms with E-state index < -0.39 is 0 Å². The van der Waals surface area contributed by atoms with Crippen LogP contribution in [0.4, 0.5) is 0 Å². The highest BCUT2D eigenvalue weighted by Gasteiger charge is 2.04. The van der Waals surface area contributed by atoms with Gasteiger partial charge in [0.15, 0.2) is 5.58 Å². The Morgan fingerprint density at radius 3 is 2.77 bits per heavy atom. The van der Waals surface area contributed by atoms with Crippen LogP contribution in [-0.4, -0.2) is 4.98 Å². The quantitative estimate of drug-likeness (QED) is 0.664. The van der Waals surface area contributed by atoms with Crippen LogP contribution in [0.25, 0.3) is 11.0 Å². The molecule has 0 atom stereocenters. The third-order valence-corrected chi connectivity index (χ3v) is 2.14. The number of pyridine rings is 1. The first-order chi connectivity index (χ1) is 6.16. The number of aryl methyl sites for hydroxylation is 1. The van der Waals surface area contributed by atoms with Crippen LogP contribution in [0.5, 0.6) is 0 Å². The molecule has 2 heteroatoms. The zero-order valence-electron chi connectivity index (χ0n) is 8.16. The molecule has 2 nitrogen and oxygen atoms in total. The minimum Gasteiger partial charge on any atom is -0.460 e. The smallest absolute Gasteiger partial charge is 0.152 e. The summed E-state index contributed by atoms with van der Waals surface area (Å²) in [5, 5.41) is 1.15. The summed E-state index contributed by atoms with van der Waals surface area (Å²) >= 11 is 0. The number of fused-ring (bicyclic) bond motifs is 1. The molecule has 0 saturated carbocycles. The van der Waals surface area contributed by atoms with Crippen molar-refractivity contribution < 1.29 is 4.42 Å². The molecule has 0 radical (unpaired) electrons. The molecule has 0 aliphatic rings. The van der Waals surface area contributed by atoms with Crippen molar-refractivity contribution in [2.75, 3.05) is 0 Å². The van der Waals surface area contributed by atoms with Gasteiger partial charge in [-0.2, -0.15) is 0 Å². The molecule has 68 valence electrons. The summed E-state index contributed by atoms with van der Waals surface area (Å²) in [5.41, 5.74) is 2.00. The molecule has 2 aromatic heterocycles. The highest BCUT2D eigenvalue weighted by molar-refractivity contribution is 5.77. The molecule has 0 bridgehead atoms. The Bertz CT molecular complexity index is 429. The molecule has 0 unspecified atom stereocenters. The van der Waals surface area contributed by atoms with Crippen molar-refractivity contribution in [3.8, 4) is 0 Å². The Morgan fingerprint density at radius 1 is 1.31 bits per heavy atom. The maximum absolute atomic E-state index is 5.44. The van der Waals surface area contributed by atoms with Gasteiger partial charge in [0.2, 0.25) is 0 Å². The summed E-state index contributed by atoms with van der Waals surface area (Å²) in [7, 11) is 0. The molecule has 0 aliphatic carbocycles. The van der Waals surface area contributed by atoms with Gasteiger partial charge in [-0.1, -0.05) is 13.8 Å². The van der Waals surface area contributed by atoms with E-state index in [1.54, 1.807) is 6.20 Å². The number of hydrogen-bond acceptors (Lipinski definition) is 2. The lowest BCUT2D eigenvalue weighted by Crippen LogP contribution is -1.90. The van der Waals surface area contributed by atoms with Gasteiger partial charge in [-0.05, 0) is 25.0 Å². The minimum atomic E-state index is 0.472. The van der Waals surface area contributed by atoms with Crippen LogP contribution < -0.4 is 0 Å². The fraction of sp³-hybridized carbons (Fsp3) is 0.364. The van der Waals surface area contributed by atoms with Crippen LogP contribution in [0.3, 0.4) is 0 Å². The van der Waals surface area contributed by atoms with Gasteiger partial charge in [0.05, 0.1) is 6.20 Å². The maximum atomic E-state index is 5.44. The molecule has 2 rings (SSSR count). The molecule has 13 heavy (non-hydrogen) atoms. The molecule has 2 aromatic rings. The number of nitrogens with zero attached hydrogens (tertiary/aromatic N) is 1. The lowest BCUT2D eigenvalue weighted by atomic mass is 10.1. The molecule has 2 heterocycles. The second-order valence-electron chi connectivity index (χ2n) is 3.66. The Kier molecular flexibility index (Phi) is 1.83. The van der Waals surface area contributed by atoms with Crippen LogP contribution in [0.1, 0.15) is 31.2 Å². The zero-order chi connectivity index (χ0) is 9.42. The molecule has 0 aliphatic heterocycles. The Labute approximate surface area is 77.6 Å². The van der Waals surface area contributed by atoms with E-state index in [1.165, 1.54) is 0 Å². The predicted octanol–water partition coefficient (Wildman–Crippen LogP) is 3.26. The second-order valence-corrected chi connectivity index (χ2v) is 3.66. The van der Waals surface area contributed by atoms with E-state index in [0.29, 0.717) is 5.92 Å². The average Bonchev–Trinajstić information content (AvgIpc) is 2.42. The van der Waals surface area contributed by atoms with E-state index in [4.69, 9.17) is 4.42 Å². The van der Waals surface area contributed by atoms with Gasteiger partial charge in [0.1, 0.15) is 5.76 Å². The predicted molar refractivity (Wildman–Crippen MR) is 52.8 cm³/mol. The minimum absolute atomic E-state index is 0.472. The lowest BCUT2D eigenvalue weighted by molar-refractivity contribution is 0.577. The van der Waals surface area contributed by atoms with E-state index in [0.717, 1.165) is 22.4 Å². The van der Waals surface area contributed by atoms with Crippen molar-refractivity contribution >= 4 is 11.0 Å². The van der Waals surface area contributed by atoms with Gasteiger partial charge < -0.3 is 4.42 Å². The van der Waals surface area contributed by atoms with Gasteiger partial charge in [-0.3, -0.25) is 4.98 Å². The summed E-state index contributed by atoms with van der Waals surface area (Å²) in [6, 6.07) is 4.14. The van der Waals surface area contributed by atoms with E-state index in [-0.39, 0.29) is 0 Å². The van der Waals surface area contributed by atoms with Gasteiger partial charge >= 0.3 is 0 Å². The highest BCUT2D eigenvalue weighted by Crippen LogP contribution is 2.21. The molecule has 0 amide bonds.